The lowest BCUT2D eigenvalue weighted by atomic mass is 10.2. The van der Waals surface area contributed by atoms with E-state index in [9.17, 15) is 14.0 Å². The zero-order valence-electron chi connectivity index (χ0n) is 10.7. The van der Waals surface area contributed by atoms with Crippen molar-refractivity contribution in [2.45, 2.75) is 25.8 Å². The fourth-order valence-corrected chi connectivity index (χ4v) is 2.11. The molecule has 1 aromatic rings. The molecule has 5 nitrogen and oxygen atoms in total. The SMILES string of the molecule is CC(CN1CCCC1=O)NC(=O)c1cccc(F)n1. The molecular weight excluding hydrogens is 249 g/mol. The van der Waals surface area contributed by atoms with Gasteiger partial charge in [-0.25, -0.2) is 4.98 Å². The Morgan fingerprint density at radius 1 is 1.58 bits per heavy atom. The van der Waals surface area contributed by atoms with Gasteiger partial charge in [-0.3, -0.25) is 9.59 Å². The molecular formula is C13H16FN3O2. The molecule has 0 saturated carbocycles. The smallest absolute Gasteiger partial charge is 0.270 e. The molecule has 1 unspecified atom stereocenters. The molecule has 102 valence electrons. The van der Waals surface area contributed by atoms with Crippen molar-refractivity contribution in [3.63, 3.8) is 0 Å². The Morgan fingerprint density at radius 3 is 3.00 bits per heavy atom. The number of aromatic nitrogens is 1. The molecule has 1 atom stereocenters. The van der Waals surface area contributed by atoms with E-state index in [0.717, 1.165) is 13.0 Å². The normalized spacial score (nSPS) is 16.5. The maximum Gasteiger partial charge on any atom is 0.270 e. The molecule has 0 bridgehead atoms. The van der Waals surface area contributed by atoms with Crippen LogP contribution < -0.4 is 5.32 Å². The van der Waals surface area contributed by atoms with Crippen LogP contribution in [0.3, 0.4) is 0 Å². The van der Waals surface area contributed by atoms with Gasteiger partial charge in [-0.05, 0) is 25.5 Å². The van der Waals surface area contributed by atoms with Crippen molar-refractivity contribution in [3.8, 4) is 0 Å². The van der Waals surface area contributed by atoms with Gasteiger partial charge in [-0.1, -0.05) is 6.07 Å². The second-order valence-corrected chi connectivity index (χ2v) is 4.66. The number of halogens is 1. The maximum absolute atomic E-state index is 12.9. The van der Waals surface area contributed by atoms with Crippen molar-refractivity contribution in [1.29, 1.82) is 0 Å². The number of nitrogens with one attached hydrogen (secondary N) is 1. The third-order valence-electron chi connectivity index (χ3n) is 2.99. The van der Waals surface area contributed by atoms with Crippen molar-refractivity contribution < 1.29 is 14.0 Å². The number of pyridine rings is 1. The summed E-state index contributed by atoms with van der Waals surface area (Å²) < 4.78 is 12.9. The average Bonchev–Trinajstić information content (AvgIpc) is 2.75. The quantitative estimate of drug-likeness (QED) is 0.825. The Bertz CT molecular complexity index is 493. The first kappa shape index (κ1) is 13.5. The van der Waals surface area contributed by atoms with Gasteiger partial charge in [0, 0.05) is 25.6 Å². The van der Waals surface area contributed by atoms with Gasteiger partial charge in [0.15, 0.2) is 0 Å². The fraction of sp³-hybridized carbons (Fsp3) is 0.462. The lowest BCUT2D eigenvalue weighted by molar-refractivity contribution is -0.127. The van der Waals surface area contributed by atoms with Gasteiger partial charge < -0.3 is 10.2 Å². The summed E-state index contributed by atoms with van der Waals surface area (Å²) in [5.41, 5.74) is 0.0413. The van der Waals surface area contributed by atoms with E-state index in [1.54, 1.807) is 4.90 Å². The minimum absolute atomic E-state index is 0.0413. The topological polar surface area (TPSA) is 62.3 Å². The first-order valence-corrected chi connectivity index (χ1v) is 6.27. The molecule has 1 aliphatic rings. The van der Waals surface area contributed by atoms with Crippen molar-refractivity contribution in [3.05, 3.63) is 29.8 Å². The molecule has 1 fully saturated rings. The summed E-state index contributed by atoms with van der Waals surface area (Å²) >= 11 is 0. The van der Waals surface area contributed by atoms with E-state index in [1.807, 2.05) is 6.92 Å². The fourth-order valence-electron chi connectivity index (χ4n) is 2.11. The lowest BCUT2D eigenvalue weighted by Crippen LogP contribution is -2.42. The molecule has 1 saturated heterocycles. The number of likely N-dealkylation sites (tertiary alicyclic amines) is 1. The minimum Gasteiger partial charge on any atom is -0.346 e. The summed E-state index contributed by atoms with van der Waals surface area (Å²) in [6, 6.07) is 3.88. The molecule has 1 aliphatic heterocycles. The van der Waals surface area contributed by atoms with E-state index < -0.39 is 11.9 Å². The van der Waals surface area contributed by atoms with E-state index in [2.05, 4.69) is 10.3 Å². The number of hydrogen-bond donors (Lipinski definition) is 1. The summed E-state index contributed by atoms with van der Waals surface area (Å²) in [4.78, 5) is 28.5. The Hall–Kier alpha value is -1.98. The molecule has 2 heterocycles. The van der Waals surface area contributed by atoms with Crippen LogP contribution in [0.25, 0.3) is 0 Å². The lowest BCUT2D eigenvalue weighted by Gasteiger charge is -2.21. The van der Waals surface area contributed by atoms with Crippen molar-refractivity contribution in [2.24, 2.45) is 0 Å². The molecule has 6 heteroatoms. The highest BCUT2D eigenvalue weighted by atomic mass is 19.1. The Kier molecular flexibility index (Phi) is 4.09. The maximum atomic E-state index is 12.9. The van der Waals surface area contributed by atoms with E-state index in [4.69, 9.17) is 0 Å². The Morgan fingerprint density at radius 2 is 2.37 bits per heavy atom. The second-order valence-electron chi connectivity index (χ2n) is 4.66. The molecule has 0 aliphatic carbocycles. The van der Waals surface area contributed by atoms with E-state index in [-0.39, 0.29) is 17.6 Å². The van der Waals surface area contributed by atoms with Crippen molar-refractivity contribution in [1.82, 2.24) is 15.2 Å². The summed E-state index contributed by atoms with van der Waals surface area (Å²) in [6.45, 7) is 3.01. The first-order valence-electron chi connectivity index (χ1n) is 6.27. The number of carbonyl (C=O) groups excluding carboxylic acids is 2. The van der Waals surface area contributed by atoms with Crippen LogP contribution in [0.4, 0.5) is 4.39 Å². The Labute approximate surface area is 110 Å². The highest BCUT2D eigenvalue weighted by Gasteiger charge is 2.22. The molecule has 19 heavy (non-hydrogen) atoms. The first-order chi connectivity index (χ1) is 9.06. The van der Waals surface area contributed by atoms with Gasteiger partial charge in [0.25, 0.3) is 5.91 Å². The summed E-state index contributed by atoms with van der Waals surface area (Å²) in [6.07, 6.45) is 1.44. The zero-order chi connectivity index (χ0) is 13.8. The molecule has 0 aromatic carbocycles. The number of rotatable bonds is 4. The van der Waals surface area contributed by atoms with Gasteiger partial charge in [-0.2, -0.15) is 4.39 Å². The van der Waals surface area contributed by atoms with Crippen LogP contribution in [0.2, 0.25) is 0 Å². The van der Waals surface area contributed by atoms with Gasteiger partial charge in [-0.15, -0.1) is 0 Å². The van der Waals surface area contributed by atoms with Crippen LogP contribution in [-0.4, -0.2) is 40.8 Å². The summed E-state index contributed by atoms with van der Waals surface area (Å²) in [7, 11) is 0. The molecule has 0 spiro atoms. The molecule has 0 radical (unpaired) electrons. The average molecular weight is 265 g/mol. The van der Waals surface area contributed by atoms with Crippen LogP contribution in [0, 0.1) is 5.95 Å². The van der Waals surface area contributed by atoms with E-state index in [1.165, 1.54) is 18.2 Å². The van der Waals surface area contributed by atoms with Crippen LogP contribution in [-0.2, 0) is 4.79 Å². The number of hydrogen-bond acceptors (Lipinski definition) is 3. The highest BCUT2D eigenvalue weighted by Crippen LogP contribution is 2.10. The molecule has 2 rings (SSSR count). The molecule has 1 aromatic heterocycles. The van der Waals surface area contributed by atoms with Crippen molar-refractivity contribution in [2.75, 3.05) is 13.1 Å². The predicted octanol–water partition coefficient (Wildman–Crippen LogP) is 0.961. The minimum atomic E-state index is -0.685. The van der Waals surface area contributed by atoms with E-state index >= 15 is 0 Å². The number of amides is 2. The van der Waals surface area contributed by atoms with Crippen LogP contribution >= 0.6 is 0 Å². The molecule has 2 amide bonds. The zero-order valence-corrected chi connectivity index (χ0v) is 10.7. The van der Waals surface area contributed by atoms with Crippen LogP contribution in [0.15, 0.2) is 18.2 Å². The van der Waals surface area contributed by atoms with Crippen LogP contribution in [0.1, 0.15) is 30.3 Å². The third kappa shape index (κ3) is 3.49. The van der Waals surface area contributed by atoms with Crippen LogP contribution in [0.5, 0.6) is 0 Å². The highest BCUT2D eigenvalue weighted by molar-refractivity contribution is 5.92. The predicted molar refractivity (Wildman–Crippen MR) is 66.9 cm³/mol. The standard InChI is InChI=1S/C13H16FN3O2/c1-9(8-17-7-3-6-12(17)18)15-13(19)10-4-2-5-11(14)16-10/h2,4-5,9H,3,6-8H2,1H3,(H,15,19). The summed E-state index contributed by atoms with van der Waals surface area (Å²) in [5, 5.41) is 2.71. The van der Waals surface area contributed by atoms with Gasteiger partial charge in [0.1, 0.15) is 5.69 Å². The Balaban J connectivity index is 1.89. The van der Waals surface area contributed by atoms with E-state index in [0.29, 0.717) is 13.0 Å². The second kappa shape index (κ2) is 5.77. The summed E-state index contributed by atoms with van der Waals surface area (Å²) in [5.74, 6) is -1.00. The largest absolute Gasteiger partial charge is 0.346 e. The van der Waals surface area contributed by atoms with Gasteiger partial charge in [0.05, 0.1) is 0 Å². The van der Waals surface area contributed by atoms with Gasteiger partial charge >= 0.3 is 0 Å². The van der Waals surface area contributed by atoms with Crippen molar-refractivity contribution >= 4 is 11.8 Å². The monoisotopic (exact) mass is 265 g/mol. The van der Waals surface area contributed by atoms with Gasteiger partial charge in [0.2, 0.25) is 11.9 Å². The number of carbonyl (C=O) groups is 2. The number of nitrogens with zero attached hydrogens (tertiary/aromatic N) is 2. The third-order valence-corrected chi connectivity index (χ3v) is 2.99. The molecule has 1 N–H and O–H groups in total.